The number of carbonyl (C=O) groups is 9. The van der Waals surface area contributed by atoms with Crippen molar-refractivity contribution in [3.8, 4) is 6.07 Å². The lowest BCUT2D eigenvalue weighted by atomic mass is 9.89. The first-order chi connectivity index (χ1) is 34.8. The van der Waals surface area contributed by atoms with E-state index in [0.29, 0.717) is 44.5 Å². The number of hydrogen-bond donors (Lipinski definition) is 8. The van der Waals surface area contributed by atoms with Crippen molar-refractivity contribution in [1.82, 2.24) is 41.7 Å². The molecule has 5 aliphatic heterocycles. The molecule has 0 aromatic heterocycles. The molecular weight excluding hydrogens is 932 g/mol. The number of nitrogens with zero attached hydrogens (tertiary/aromatic N) is 3. The summed E-state index contributed by atoms with van der Waals surface area (Å²) in [5.41, 5.74) is 10.5. The Morgan fingerprint density at radius 3 is 1.30 bits per heavy atom. The zero-order valence-corrected chi connectivity index (χ0v) is 36.7. The van der Waals surface area contributed by atoms with Gasteiger partial charge in [0.1, 0.15) is 17.5 Å². The van der Waals surface area contributed by atoms with Gasteiger partial charge in [0.05, 0.1) is 24.7 Å². The molecular formula is C48H40F3N11O9. The molecule has 5 heterocycles. The first-order valence-electron chi connectivity index (χ1n) is 22.2. The monoisotopic (exact) mass is 973 g/mol. The molecule has 0 radical (unpaired) electrons. The highest BCUT2D eigenvalue weighted by molar-refractivity contribution is 6.10. The summed E-state index contributed by atoms with van der Waals surface area (Å²) in [5.74, 6) is -4.41. The average molecular weight is 974 g/mol. The molecule has 3 atom stereocenters. The minimum Gasteiger partial charge on any atom is -0.366 e. The second kappa shape index (κ2) is 18.6. The molecule has 0 spiro atoms. The number of fused-ring (bicyclic) bond motifs is 2. The molecule has 0 saturated carbocycles. The van der Waals surface area contributed by atoms with Crippen LogP contribution in [0.25, 0.3) is 0 Å². The summed E-state index contributed by atoms with van der Waals surface area (Å²) < 4.78 is 49.4. The number of carbonyl (C=O) groups excluding carboxylic acids is 9. The molecule has 10 rings (SSSR count). The zero-order valence-electron chi connectivity index (χ0n) is 38.7. The number of halogens is 3. The highest BCUT2D eigenvalue weighted by atomic mass is 19.1. The fourth-order valence-electron chi connectivity index (χ4n) is 8.77. The summed E-state index contributed by atoms with van der Waals surface area (Å²) in [6, 6.07) is 24.9. The molecule has 71 heavy (non-hydrogen) atoms. The van der Waals surface area contributed by atoms with Gasteiger partial charge in [0, 0.05) is 39.3 Å². The van der Waals surface area contributed by atoms with Crippen LogP contribution in [-0.2, 0) is 44.1 Å². The van der Waals surface area contributed by atoms with Crippen LogP contribution < -0.4 is 43.4 Å². The zero-order chi connectivity index (χ0) is 53.0. The second-order valence-corrected chi connectivity index (χ2v) is 16.7. The summed E-state index contributed by atoms with van der Waals surface area (Å²) in [4.78, 5) is 111. The van der Waals surface area contributed by atoms with Crippen molar-refractivity contribution in [3.63, 3.8) is 0 Å². The van der Waals surface area contributed by atoms with E-state index in [2.05, 4.69) is 31.9 Å². The van der Waals surface area contributed by atoms with Crippen LogP contribution in [0.4, 0.5) is 27.6 Å². The van der Waals surface area contributed by atoms with Gasteiger partial charge in [-0.05, 0) is 101 Å². The van der Waals surface area contributed by atoms with E-state index < -0.39 is 75.8 Å². The minimum absolute atomic E-state index is 0.0871. The number of hydrogen-bond acceptors (Lipinski definition) is 11. The van der Waals surface area contributed by atoms with Crippen molar-refractivity contribution in [2.75, 3.05) is 19.6 Å². The maximum absolute atomic E-state index is 13.3. The molecule has 3 unspecified atom stereocenters. The molecule has 5 aromatic rings. The quantitative estimate of drug-likeness (QED) is 0.0989. The number of amides is 12. The molecule has 5 aliphatic rings. The van der Waals surface area contributed by atoms with Crippen molar-refractivity contribution >= 4 is 53.5 Å². The van der Waals surface area contributed by atoms with Crippen LogP contribution in [0.1, 0.15) is 67.4 Å². The lowest BCUT2D eigenvalue weighted by Gasteiger charge is -2.31. The lowest BCUT2D eigenvalue weighted by molar-refractivity contribution is -0.125. The molecule has 5 aromatic carbocycles. The van der Waals surface area contributed by atoms with Crippen LogP contribution >= 0.6 is 0 Å². The Labute approximate surface area is 402 Å². The van der Waals surface area contributed by atoms with Gasteiger partial charge in [0.15, 0.2) is 16.6 Å². The molecule has 0 aliphatic carbocycles. The summed E-state index contributed by atoms with van der Waals surface area (Å²) in [6.07, 6.45) is 0. The molecule has 20 nitrogen and oxygen atoms in total. The van der Waals surface area contributed by atoms with Crippen LogP contribution in [0.2, 0.25) is 0 Å². The smallest absolute Gasteiger partial charge is 0.322 e. The SMILES string of the molecule is N#Cc1ccc2c(c1)CN(CC1(c3ccc(F)cc3)NC(=O)NC1=O)C2=O.NC(=O)c1ccc2c(c1)CN(CC1(c3ccc(F)cc3)NC(=O)NC1=O)C2=O.NCC1(c2ccc(F)cc2)NC(=O)NC1=O.[2H][2H]. The summed E-state index contributed by atoms with van der Waals surface area (Å²) in [7, 11) is 0. The van der Waals surface area contributed by atoms with Crippen molar-refractivity contribution in [3.05, 3.63) is 177 Å². The Kier molecular flexibility index (Phi) is 12.2. The average Bonchev–Trinajstić information content (AvgIpc) is 4.13. The van der Waals surface area contributed by atoms with Gasteiger partial charge >= 0.3 is 18.1 Å². The van der Waals surface area contributed by atoms with Gasteiger partial charge in [0.2, 0.25) is 5.91 Å². The molecule has 23 heteroatoms. The van der Waals surface area contributed by atoms with E-state index in [1.165, 1.54) is 101 Å². The van der Waals surface area contributed by atoms with Crippen molar-refractivity contribution in [1.29, 1.82) is 5.26 Å². The molecule has 3 fully saturated rings. The number of nitriles is 1. The fourth-order valence-corrected chi connectivity index (χ4v) is 8.77. The van der Waals surface area contributed by atoms with E-state index in [1.807, 2.05) is 6.07 Å². The summed E-state index contributed by atoms with van der Waals surface area (Å²) >= 11 is 0. The third-order valence-corrected chi connectivity index (χ3v) is 12.4. The first kappa shape index (κ1) is 46.7. The molecule has 10 N–H and O–H groups in total. The van der Waals surface area contributed by atoms with Crippen LogP contribution in [0.5, 0.6) is 0 Å². The highest BCUT2D eigenvalue weighted by Crippen LogP contribution is 2.34. The lowest BCUT2D eigenvalue weighted by Crippen LogP contribution is -2.52. The van der Waals surface area contributed by atoms with Gasteiger partial charge < -0.3 is 37.2 Å². The number of primary amides is 1. The standard InChI is InChI=1S/C19H15FN4O4.C19H13FN4O3.C10H10FN3O2.H2/c20-13-4-2-12(3-5-13)19(17(27)22-18(28)23-19)9-24-8-11-7-10(15(21)25)1-6-14(11)16(24)26;20-14-4-2-13(3-5-14)19(17(26)22-18(27)23-19)10-24-9-12-7-11(8-21)1-6-15(12)16(24)25;11-7-3-1-6(2-4-7)10(5-12)8(15)13-9(16)14-10;/h1-7H,8-9H2,(H2,21,25)(H2,22,23,27,28);1-7H,9-10H2,(H2,22,23,26,27);1-4H,5,12H2,(H2,13,14,15,16);1H/i;;;1+1D. The van der Waals surface area contributed by atoms with Gasteiger partial charge in [-0.25, -0.2) is 27.6 Å². The largest absolute Gasteiger partial charge is 0.366 e. The first-order valence-corrected chi connectivity index (χ1v) is 21.2. The second-order valence-electron chi connectivity index (χ2n) is 16.7. The van der Waals surface area contributed by atoms with Crippen LogP contribution in [0.15, 0.2) is 109 Å². The predicted octanol–water partition coefficient (Wildman–Crippen LogP) is 2.07. The van der Waals surface area contributed by atoms with Gasteiger partial charge in [-0.2, -0.15) is 5.26 Å². The van der Waals surface area contributed by atoms with Crippen molar-refractivity contribution < 1.29 is 59.3 Å². The Morgan fingerprint density at radius 2 is 0.944 bits per heavy atom. The Balaban J connectivity index is 0.000000163. The normalized spacial score (nSPS) is 21.7. The maximum atomic E-state index is 13.3. The van der Waals surface area contributed by atoms with E-state index >= 15 is 0 Å². The molecule has 362 valence electrons. The summed E-state index contributed by atoms with van der Waals surface area (Å²) in [6.45, 7) is -0.0192. The number of nitrogens with one attached hydrogen (secondary N) is 6. The van der Waals surface area contributed by atoms with Gasteiger partial charge in [-0.15, -0.1) is 0 Å². The Morgan fingerprint density at radius 1 is 0.577 bits per heavy atom. The Bertz CT molecular complexity index is 3160. The minimum atomic E-state index is -1.55. The molecule has 3 saturated heterocycles. The summed E-state index contributed by atoms with van der Waals surface area (Å²) in [5, 5.41) is 23.1. The van der Waals surface area contributed by atoms with E-state index in [1.54, 1.807) is 18.2 Å². The van der Waals surface area contributed by atoms with Crippen LogP contribution in [0, 0.1) is 28.8 Å². The van der Waals surface area contributed by atoms with Gasteiger partial charge in [0.25, 0.3) is 29.5 Å². The molecule has 12 amide bonds. The fraction of sp³-hybridized carbons (Fsp3) is 0.167. The van der Waals surface area contributed by atoms with E-state index in [0.717, 1.165) is 0 Å². The van der Waals surface area contributed by atoms with Gasteiger partial charge in [-0.3, -0.25) is 44.7 Å². The van der Waals surface area contributed by atoms with Gasteiger partial charge in [-0.1, -0.05) is 36.4 Å². The maximum Gasteiger partial charge on any atom is 0.322 e. The van der Waals surface area contributed by atoms with Crippen molar-refractivity contribution in [2.24, 2.45) is 11.5 Å². The Hall–Kier alpha value is -9.43. The van der Waals surface area contributed by atoms with Crippen LogP contribution in [-0.4, -0.2) is 83.0 Å². The van der Waals surface area contributed by atoms with E-state index in [9.17, 15) is 56.3 Å². The van der Waals surface area contributed by atoms with E-state index in [-0.39, 0.29) is 50.1 Å². The third kappa shape index (κ3) is 8.93. The molecule has 0 bridgehead atoms. The predicted molar refractivity (Wildman–Crippen MR) is 241 cm³/mol. The number of imide groups is 3. The topological polar surface area (TPSA) is 308 Å². The van der Waals surface area contributed by atoms with Crippen molar-refractivity contribution in [2.45, 2.75) is 29.7 Å². The number of nitrogens with two attached hydrogens (primary N) is 2. The van der Waals surface area contributed by atoms with Crippen LogP contribution in [0.3, 0.4) is 0 Å². The van der Waals surface area contributed by atoms with E-state index in [4.69, 9.17) is 19.7 Å². The number of urea groups is 3. The third-order valence-electron chi connectivity index (χ3n) is 12.4. The highest BCUT2D eigenvalue weighted by Gasteiger charge is 2.52. The number of benzene rings is 5. The number of rotatable bonds is 9.